The van der Waals surface area contributed by atoms with E-state index in [0.717, 1.165) is 18.5 Å². The van der Waals surface area contributed by atoms with Gasteiger partial charge < -0.3 is 14.2 Å². The van der Waals surface area contributed by atoms with Crippen molar-refractivity contribution in [2.45, 2.75) is 40.2 Å². The minimum Gasteiger partial charge on any atom is -0.466 e. The number of imidazole rings is 1. The third-order valence-corrected chi connectivity index (χ3v) is 3.02. The fourth-order valence-electron chi connectivity index (χ4n) is 1.99. The Hall–Kier alpha value is -2.11. The lowest BCUT2D eigenvalue weighted by Crippen LogP contribution is -2.33. The van der Waals surface area contributed by atoms with E-state index in [1.165, 1.54) is 0 Å². The number of hydrogen-bond donors (Lipinski definition) is 0. The summed E-state index contributed by atoms with van der Waals surface area (Å²) >= 11 is 0. The number of rotatable bonds is 9. The van der Waals surface area contributed by atoms with E-state index < -0.39 is 0 Å². The van der Waals surface area contributed by atoms with Crippen molar-refractivity contribution in [3.05, 3.63) is 30.4 Å². The van der Waals surface area contributed by atoms with E-state index in [-0.39, 0.29) is 18.3 Å². The number of amides is 1. The van der Waals surface area contributed by atoms with Gasteiger partial charge in [-0.3, -0.25) is 9.59 Å². The fraction of sp³-hybridized carbons (Fsp3) is 0.562. The molecule has 22 heavy (non-hydrogen) atoms. The Kier molecular flexibility index (Phi) is 7.96. The van der Waals surface area contributed by atoms with Crippen LogP contribution in [-0.4, -0.2) is 46.0 Å². The maximum atomic E-state index is 12.2. The summed E-state index contributed by atoms with van der Waals surface area (Å²) in [7, 11) is 0. The van der Waals surface area contributed by atoms with E-state index in [1.807, 2.05) is 24.6 Å². The van der Waals surface area contributed by atoms with Crippen LogP contribution in [0.5, 0.6) is 0 Å². The molecule has 0 aliphatic heterocycles. The van der Waals surface area contributed by atoms with E-state index in [1.54, 1.807) is 30.4 Å². The zero-order chi connectivity index (χ0) is 16.4. The molecule has 0 bridgehead atoms. The standard InChI is InChI=1S/C16H25N3O3/c1-4-22-16(21)6-10-19(15(20)12-14(2)3)9-5-8-18-11-7-17-13-18/h7,11-13H,4-6,8-10H2,1-3H3. The molecule has 0 radical (unpaired) electrons. The summed E-state index contributed by atoms with van der Waals surface area (Å²) < 4.78 is 6.88. The van der Waals surface area contributed by atoms with Gasteiger partial charge in [0.25, 0.3) is 0 Å². The van der Waals surface area contributed by atoms with Crippen molar-refractivity contribution in [2.75, 3.05) is 19.7 Å². The molecule has 0 atom stereocenters. The van der Waals surface area contributed by atoms with Crippen LogP contribution in [-0.2, 0) is 20.9 Å². The summed E-state index contributed by atoms with van der Waals surface area (Å²) in [6.45, 7) is 7.67. The SMILES string of the molecule is CCOC(=O)CCN(CCCn1ccnc1)C(=O)C=C(C)C. The first kappa shape index (κ1) is 17.9. The maximum Gasteiger partial charge on any atom is 0.307 e. The van der Waals surface area contributed by atoms with Crippen LogP contribution in [0.4, 0.5) is 0 Å². The van der Waals surface area contributed by atoms with Crippen LogP contribution in [0.1, 0.15) is 33.6 Å². The van der Waals surface area contributed by atoms with Crippen LogP contribution in [0.3, 0.4) is 0 Å². The molecule has 1 rings (SSSR count). The Morgan fingerprint density at radius 1 is 1.32 bits per heavy atom. The number of carbonyl (C=O) groups excluding carboxylic acids is 2. The van der Waals surface area contributed by atoms with E-state index in [4.69, 9.17) is 4.74 Å². The molecule has 6 heteroatoms. The summed E-state index contributed by atoms with van der Waals surface area (Å²) in [4.78, 5) is 29.3. The van der Waals surface area contributed by atoms with Crippen molar-refractivity contribution in [1.29, 1.82) is 0 Å². The molecule has 1 aromatic heterocycles. The zero-order valence-corrected chi connectivity index (χ0v) is 13.6. The second-order valence-electron chi connectivity index (χ2n) is 5.26. The smallest absolute Gasteiger partial charge is 0.307 e. The lowest BCUT2D eigenvalue weighted by Gasteiger charge is -2.21. The number of esters is 1. The van der Waals surface area contributed by atoms with E-state index in [9.17, 15) is 9.59 Å². The summed E-state index contributed by atoms with van der Waals surface area (Å²) in [5.41, 5.74) is 0.945. The first-order valence-electron chi connectivity index (χ1n) is 7.58. The number of aryl methyl sites for hydroxylation is 1. The zero-order valence-electron chi connectivity index (χ0n) is 13.6. The molecule has 0 unspecified atom stereocenters. The van der Waals surface area contributed by atoms with Gasteiger partial charge in [-0.1, -0.05) is 5.57 Å². The lowest BCUT2D eigenvalue weighted by atomic mass is 10.2. The van der Waals surface area contributed by atoms with Crippen molar-refractivity contribution in [2.24, 2.45) is 0 Å². The third kappa shape index (κ3) is 7.06. The molecule has 122 valence electrons. The molecule has 0 aromatic carbocycles. The molecule has 1 amide bonds. The van der Waals surface area contributed by atoms with Gasteiger partial charge in [-0.25, -0.2) is 4.98 Å². The van der Waals surface area contributed by atoms with Gasteiger partial charge in [-0.15, -0.1) is 0 Å². The predicted molar refractivity (Wildman–Crippen MR) is 84.1 cm³/mol. The molecule has 0 saturated carbocycles. The summed E-state index contributed by atoms with van der Waals surface area (Å²) in [6.07, 6.45) is 8.00. The molecule has 0 spiro atoms. The van der Waals surface area contributed by atoms with Crippen LogP contribution in [0.15, 0.2) is 30.4 Å². The third-order valence-electron chi connectivity index (χ3n) is 3.02. The highest BCUT2D eigenvalue weighted by Gasteiger charge is 2.13. The second kappa shape index (κ2) is 9.76. The van der Waals surface area contributed by atoms with Crippen molar-refractivity contribution < 1.29 is 14.3 Å². The minimum atomic E-state index is -0.271. The number of nitrogens with zero attached hydrogens (tertiary/aromatic N) is 3. The van der Waals surface area contributed by atoms with Crippen molar-refractivity contribution in [3.63, 3.8) is 0 Å². The molecule has 0 saturated heterocycles. The van der Waals surface area contributed by atoms with Gasteiger partial charge >= 0.3 is 5.97 Å². The molecule has 6 nitrogen and oxygen atoms in total. The number of allylic oxidation sites excluding steroid dienone is 1. The Morgan fingerprint density at radius 2 is 2.09 bits per heavy atom. The molecule has 0 N–H and O–H groups in total. The van der Waals surface area contributed by atoms with Crippen LogP contribution >= 0.6 is 0 Å². The second-order valence-corrected chi connectivity index (χ2v) is 5.26. The van der Waals surface area contributed by atoms with Gasteiger partial charge in [0.1, 0.15) is 0 Å². The molecule has 1 heterocycles. The summed E-state index contributed by atoms with van der Waals surface area (Å²) in [5, 5.41) is 0. The summed E-state index contributed by atoms with van der Waals surface area (Å²) in [5.74, 6) is -0.331. The van der Waals surface area contributed by atoms with Gasteiger partial charge in [0.2, 0.25) is 5.91 Å². The van der Waals surface area contributed by atoms with E-state index in [0.29, 0.717) is 19.7 Å². The first-order valence-corrected chi connectivity index (χ1v) is 7.58. The Bertz CT molecular complexity index is 491. The monoisotopic (exact) mass is 307 g/mol. The van der Waals surface area contributed by atoms with Crippen LogP contribution in [0, 0.1) is 0 Å². The highest BCUT2D eigenvalue weighted by molar-refractivity contribution is 5.88. The minimum absolute atomic E-state index is 0.0603. The van der Waals surface area contributed by atoms with Crippen molar-refractivity contribution in [1.82, 2.24) is 14.5 Å². The van der Waals surface area contributed by atoms with Crippen molar-refractivity contribution >= 4 is 11.9 Å². The quantitative estimate of drug-likeness (QED) is 0.517. The number of aromatic nitrogens is 2. The first-order chi connectivity index (χ1) is 10.5. The fourth-order valence-corrected chi connectivity index (χ4v) is 1.99. The molecule has 0 fully saturated rings. The predicted octanol–water partition coefficient (Wildman–Crippen LogP) is 2.02. The van der Waals surface area contributed by atoms with Gasteiger partial charge in [0.05, 0.1) is 19.4 Å². The average Bonchev–Trinajstić information content (AvgIpc) is 2.95. The van der Waals surface area contributed by atoms with Gasteiger partial charge in [-0.2, -0.15) is 0 Å². The normalized spacial score (nSPS) is 10.1. The Balaban J connectivity index is 2.51. The highest BCUT2D eigenvalue weighted by Crippen LogP contribution is 2.02. The topological polar surface area (TPSA) is 64.4 Å². The number of ether oxygens (including phenoxy) is 1. The highest BCUT2D eigenvalue weighted by atomic mass is 16.5. The maximum absolute atomic E-state index is 12.2. The molecule has 0 aliphatic rings. The van der Waals surface area contributed by atoms with Crippen LogP contribution in [0.2, 0.25) is 0 Å². The molecule has 0 aliphatic carbocycles. The van der Waals surface area contributed by atoms with Gasteiger partial charge in [-0.05, 0) is 27.2 Å². The van der Waals surface area contributed by atoms with E-state index in [2.05, 4.69) is 4.98 Å². The van der Waals surface area contributed by atoms with Gasteiger partial charge in [0.15, 0.2) is 0 Å². The number of carbonyl (C=O) groups is 2. The average molecular weight is 307 g/mol. The van der Waals surface area contributed by atoms with Gasteiger partial charge in [0, 0.05) is 38.1 Å². The largest absolute Gasteiger partial charge is 0.466 e. The Morgan fingerprint density at radius 3 is 2.68 bits per heavy atom. The molecular formula is C16H25N3O3. The van der Waals surface area contributed by atoms with Crippen molar-refractivity contribution in [3.8, 4) is 0 Å². The van der Waals surface area contributed by atoms with Crippen LogP contribution in [0.25, 0.3) is 0 Å². The van der Waals surface area contributed by atoms with E-state index >= 15 is 0 Å². The van der Waals surface area contributed by atoms with Crippen LogP contribution < -0.4 is 0 Å². The Labute approximate surface area is 131 Å². The molecular weight excluding hydrogens is 282 g/mol. The summed E-state index contributed by atoms with van der Waals surface area (Å²) in [6, 6.07) is 0. The number of hydrogen-bond acceptors (Lipinski definition) is 4. The molecule has 1 aromatic rings. The lowest BCUT2D eigenvalue weighted by molar-refractivity contribution is -0.143.